The number of oxazole rings is 1. The van der Waals surface area contributed by atoms with Crippen LogP contribution in [-0.4, -0.2) is 23.0 Å². The molecule has 30 heavy (non-hydrogen) atoms. The molecule has 0 saturated carbocycles. The Morgan fingerprint density at radius 3 is 2.60 bits per heavy atom. The molecule has 2 N–H and O–H groups in total. The fourth-order valence-electron chi connectivity index (χ4n) is 2.58. The molecule has 2 heterocycles. The molecule has 8 heteroatoms. The van der Waals surface area contributed by atoms with Crippen molar-refractivity contribution in [2.75, 3.05) is 7.05 Å². The molecule has 0 atom stereocenters. The summed E-state index contributed by atoms with van der Waals surface area (Å²) in [6, 6.07) is 8.26. The number of aromatic nitrogens is 2. The van der Waals surface area contributed by atoms with Crippen molar-refractivity contribution in [3.8, 4) is 11.5 Å². The van der Waals surface area contributed by atoms with Gasteiger partial charge in [0.1, 0.15) is 11.5 Å². The van der Waals surface area contributed by atoms with Crippen molar-refractivity contribution in [1.82, 2.24) is 20.6 Å². The molecule has 0 unspecified atom stereocenters. The maximum absolute atomic E-state index is 14.4. The highest BCUT2D eigenvalue weighted by molar-refractivity contribution is 5.79. The van der Waals surface area contributed by atoms with E-state index in [-0.39, 0.29) is 11.2 Å². The van der Waals surface area contributed by atoms with Gasteiger partial charge in [-0.05, 0) is 29.8 Å². The molecule has 7 nitrogen and oxygen atoms in total. The van der Waals surface area contributed by atoms with E-state index in [1.807, 2.05) is 0 Å². The average molecular weight is 411 g/mol. The zero-order valence-electron chi connectivity index (χ0n) is 17.6. The Kier molecular flexibility index (Phi) is 6.66. The second-order valence-corrected chi connectivity index (χ2v) is 7.70. The molecular formula is C22H26FN5O2. The highest BCUT2D eigenvalue weighted by Crippen LogP contribution is 2.24. The molecule has 3 aromatic rings. The standard InChI is InChI=1S/C22H26FN5O2/c1-22(2,3)19-13-26-20(30-19)14-28-21(24-4)27-11-15-7-8-18(17(23)10-15)29-16-6-5-9-25-12-16/h5-10,12-13H,11,14H2,1-4H3,(H2,24,27,28). The SMILES string of the molecule is CN=C(NCc1ccc(Oc2cccnc2)c(F)c1)NCc1ncc(C(C)(C)C)o1. The summed E-state index contributed by atoms with van der Waals surface area (Å²) in [4.78, 5) is 12.4. The first-order valence-electron chi connectivity index (χ1n) is 9.61. The third kappa shape index (κ3) is 5.79. The number of hydrogen-bond acceptors (Lipinski definition) is 5. The number of guanidine groups is 1. The third-order valence-corrected chi connectivity index (χ3v) is 4.24. The van der Waals surface area contributed by atoms with Crippen molar-refractivity contribution in [2.45, 2.75) is 39.3 Å². The summed E-state index contributed by atoms with van der Waals surface area (Å²) in [6.07, 6.45) is 4.90. The molecule has 0 amide bonds. The van der Waals surface area contributed by atoms with Crippen LogP contribution < -0.4 is 15.4 Å². The molecule has 0 aliphatic rings. The number of pyridine rings is 1. The highest BCUT2D eigenvalue weighted by atomic mass is 19.1. The number of rotatable bonds is 6. The predicted molar refractivity (Wildman–Crippen MR) is 113 cm³/mol. The summed E-state index contributed by atoms with van der Waals surface area (Å²) in [7, 11) is 1.66. The fraction of sp³-hybridized carbons (Fsp3) is 0.318. The van der Waals surface area contributed by atoms with Gasteiger partial charge in [-0.15, -0.1) is 0 Å². The number of ether oxygens (including phenoxy) is 1. The second-order valence-electron chi connectivity index (χ2n) is 7.70. The van der Waals surface area contributed by atoms with E-state index in [4.69, 9.17) is 9.15 Å². The van der Waals surface area contributed by atoms with E-state index in [0.29, 0.717) is 30.7 Å². The van der Waals surface area contributed by atoms with Gasteiger partial charge < -0.3 is 19.8 Å². The van der Waals surface area contributed by atoms with Crippen LogP contribution in [0.3, 0.4) is 0 Å². The van der Waals surface area contributed by atoms with Crippen LogP contribution in [0, 0.1) is 5.82 Å². The molecule has 0 bridgehead atoms. The van der Waals surface area contributed by atoms with E-state index < -0.39 is 5.82 Å². The Bertz CT molecular complexity index is 996. The van der Waals surface area contributed by atoms with Gasteiger partial charge in [-0.2, -0.15) is 0 Å². The van der Waals surface area contributed by atoms with Gasteiger partial charge in [-0.1, -0.05) is 26.8 Å². The van der Waals surface area contributed by atoms with E-state index in [2.05, 4.69) is 46.4 Å². The summed E-state index contributed by atoms with van der Waals surface area (Å²) < 4.78 is 25.6. The van der Waals surface area contributed by atoms with E-state index in [1.54, 1.807) is 43.7 Å². The molecule has 1 aromatic carbocycles. The molecule has 2 aromatic heterocycles. The van der Waals surface area contributed by atoms with Gasteiger partial charge in [0.25, 0.3) is 0 Å². The van der Waals surface area contributed by atoms with Crippen LogP contribution >= 0.6 is 0 Å². The minimum atomic E-state index is -0.449. The number of halogens is 1. The maximum Gasteiger partial charge on any atom is 0.213 e. The zero-order chi connectivity index (χ0) is 21.6. The summed E-state index contributed by atoms with van der Waals surface area (Å²) in [6.45, 7) is 6.98. The molecule has 0 radical (unpaired) electrons. The molecular weight excluding hydrogens is 385 g/mol. The van der Waals surface area contributed by atoms with Gasteiger partial charge >= 0.3 is 0 Å². The number of benzene rings is 1. The van der Waals surface area contributed by atoms with Gasteiger partial charge in [0.05, 0.1) is 18.9 Å². The Morgan fingerprint density at radius 1 is 1.17 bits per heavy atom. The number of hydrogen-bond donors (Lipinski definition) is 2. The minimum absolute atomic E-state index is 0.0951. The number of nitrogens with one attached hydrogen (secondary N) is 2. The van der Waals surface area contributed by atoms with Crippen molar-refractivity contribution in [3.63, 3.8) is 0 Å². The van der Waals surface area contributed by atoms with Crippen molar-refractivity contribution < 1.29 is 13.5 Å². The van der Waals surface area contributed by atoms with Crippen LogP contribution in [0.15, 0.2) is 58.3 Å². The zero-order valence-corrected chi connectivity index (χ0v) is 17.6. The molecule has 0 fully saturated rings. The molecule has 0 aliphatic heterocycles. The van der Waals surface area contributed by atoms with Crippen LogP contribution in [0.2, 0.25) is 0 Å². The Labute approximate surface area is 175 Å². The number of nitrogens with zero attached hydrogens (tertiary/aromatic N) is 3. The van der Waals surface area contributed by atoms with E-state index >= 15 is 0 Å². The van der Waals surface area contributed by atoms with Crippen LogP contribution in [-0.2, 0) is 18.5 Å². The highest BCUT2D eigenvalue weighted by Gasteiger charge is 2.19. The molecule has 0 saturated heterocycles. The Balaban J connectivity index is 1.53. The monoisotopic (exact) mass is 411 g/mol. The van der Waals surface area contributed by atoms with E-state index in [0.717, 1.165) is 11.3 Å². The molecule has 0 aliphatic carbocycles. The summed E-state index contributed by atoms with van der Waals surface area (Å²) in [5.41, 5.74) is 0.655. The fourth-order valence-corrected chi connectivity index (χ4v) is 2.58. The van der Waals surface area contributed by atoms with Gasteiger partial charge in [-0.3, -0.25) is 9.98 Å². The Hall–Kier alpha value is -3.42. The predicted octanol–water partition coefficient (Wildman–Crippen LogP) is 4.16. The quantitative estimate of drug-likeness (QED) is 0.468. The normalized spacial score (nSPS) is 12.0. The lowest BCUT2D eigenvalue weighted by molar-refractivity contribution is 0.379. The van der Waals surface area contributed by atoms with Crippen LogP contribution in [0.5, 0.6) is 11.5 Å². The topological polar surface area (TPSA) is 84.6 Å². The first kappa shape index (κ1) is 21.3. The van der Waals surface area contributed by atoms with E-state index in [9.17, 15) is 4.39 Å². The first-order valence-corrected chi connectivity index (χ1v) is 9.61. The van der Waals surface area contributed by atoms with Crippen LogP contribution in [0.1, 0.15) is 38.0 Å². The lowest BCUT2D eigenvalue weighted by Crippen LogP contribution is -2.36. The van der Waals surface area contributed by atoms with Crippen molar-refractivity contribution in [1.29, 1.82) is 0 Å². The van der Waals surface area contributed by atoms with Crippen LogP contribution in [0.4, 0.5) is 4.39 Å². The lowest BCUT2D eigenvalue weighted by atomic mass is 9.94. The van der Waals surface area contributed by atoms with E-state index in [1.165, 1.54) is 12.3 Å². The summed E-state index contributed by atoms with van der Waals surface area (Å²) >= 11 is 0. The minimum Gasteiger partial charge on any atom is -0.453 e. The van der Waals surface area contributed by atoms with Gasteiger partial charge in [0, 0.05) is 25.2 Å². The molecule has 158 valence electrons. The lowest BCUT2D eigenvalue weighted by Gasteiger charge is -2.13. The summed E-state index contributed by atoms with van der Waals surface area (Å²) in [5.74, 6) is 2.13. The third-order valence-electron chi connectivity index (χ3n) is 4.24. The van der Waals surface area contributed by atoms with Crippen molar-refractivity contribution >= 4 is 5.96 Å². The maximum atomic E-state index is 14.4. The molecule has 3 rings (SSSR count). The van der Waals surface area contributed by atoms with Crippen molar-refractivity contribution in [2.24, 2.45) is 4.99 Å². The molecule has 0 spiro atoms. The first-order chi connectivity index (χ1) is 14.3. The second kappa shape index (κ2) is 9.39. The number of aliphatic imine (C=N–C) groups is 1. The van der Waals surface area contributed by atoms with Gasteiger partial charge in [-0.25, -0.2) is 9.37 Å². The largest absolute Gasteiger partial charge is 0.453 e. The van der Waals surface area contributed by atoms with Crippen molar-refractivity contribution in [3.05, 3.63) is 72.0 Å². The Morgan fingerprint density at radius 2 is 1.97 bits per heavy atom. The summed E-state index contributed by atoms with van der Waals surface area (Å²) in [5, 5.41) is 6.28. The van der Waals surface area contributed by atoms with Gasteiger partial charge in [0.2, 0.25) is 5.89 Å². The van der Waals surface area contributed by atoms with Gasteiger partial charge in [0.15, 0.2) is 17.5 Å². The van der Waals surface area contributed by atoms with Crippen LogP contribution in [0.25, 0.3) is 0 Å². The smallest absolute Gasteiger partial charge is 0.213 e. The average Bonchev–Trinajstić information content (AvgIpc) is 3.20.